The van der Waals surface area contributed by atoms with Crippen molar-refractivity contribution in [2.24, 2.45) is 5.92 Å². The lowest BCUT2D eigenvalue weighted by atomic mass is 10.1. The molecule has 0 aliphatic carbocycles. The third-order valence-corrected chi connectivity index (χ3v) is 6.88. The second kappa shape index (κ2) is 9.13. The molecule has 1 aliphatic heterocycles. The van der Waals surface area contributed by atoms with Crippen LogP contribution in [0.3, 0.4) is 0 Å². The van der Waals surface area contributed by atoms with E-state index >= 15 is 0 Å². The van der Waals surface area contributed by atoms with Gasteiger partial charge in [-0.15, -0.1) is 0 Å². The number of sulfonamides is 1. The fourth-order valence-corrected chi connectivity index (χ4v) is 5.27. The van der Waals surface area contributed by atoms with Crippen LogP contribution in [-0.2, 0) is 19.6 Å². The van der Waals surface area contributed by atoms with E-state index in [0.29, 0.717) is 23.2 Å². The zero-order chi connectivity index (χ0) is 22.8. The van der Waals surface area contributed by atoms with E-state index in [-0.39, 0.29) is 17.5 Å². The molecule has 3 atom stereocenters. The van der Waals surface area contributed by atoms with Crippen molar-refractivity contribution in [3.63, 3.8) is 0 Å². The maximum atomic E-state index is 12.9. The summed E-state index contributed by atoms with van der Waals surface area (Å²) in [6.07, 6.45) is -5.58. The third-order valence-electron chi connectivity index (χ3n) is 5.40. The third kappa shape index (κ3) is 5.75. The smallest absolute Gasteiger partial charge is 0.453 e. The van der Waals surface area contributed by atoms with Gasteiger partial charge in [0, 0.05) is 31.1 Å². The molecule has 170 valence electrons. The number of nitrogens with one attached hydrogen (secondary N) is 1. The number of carbonyl (C=O) groups is 1. The van der Waals surface area contributed by atoms with Crippen molar-refractivity contribution in [2.75, 3.05) is 19.6 Å². The largest absolute Gasteiger partial charge is 0.490 e. The molecule has 2 aromatic rings. The summed E-state index contributed by atoms with van der Waals surface area (Å²) in [6.45, 7) is 4.14. The highest BCUT2D eigenvalue weighted by molar-refractivity contribution is 7.89. The summed E-state index contributed by atoms with van der Waals surface area (Å²) in [5, 5.41) is 1.20. The van der Waals surface area contributed by atoms with E-state index in [4.69, 9.17) is 0 Å². The first-order valence-corrected chi connectivity index (χ1v) is 11.4. The summed E-state index contributed by atoms with van der Waals surface area (Å²) in [6, 6.07) is 11.8. The molecule has 2 unspecified atom stereocenters. The Hall–Kier alpha value is -2.17. The van der Waals surface area contributed by atoms with Gasteiger partial charge in [0.25, 0.3) is 0 Å². The van der Waals surface area contributed by atoms with Crippen LogP contribution in [0.4, 0.5) is 13.2 Å². The Kier molecular flexibility index (Phi) is 6.92. The average molecular weight is 459 g/mol. The molecule has 2 aromatic carbocycles. The lowest BCUT2D eigenvalue weighted by molar-refractivity contribution is -0.205. The monoisotopic (exact) mass is 458 g/mol. The summed E-state index contributed by atoms with van der Waals surface area (Å²) in [4.78, 5) is 13.3. The Bertz CT molecular complexity index is 1040. The first-order chi connectivity index (χ1) is 14.5. The number of hydrogen-bond donors (Lipinski definition) is 1. The molecule has 1 N–H and O–H groups in total. The van der Waals surface area contributed by atoms with E-state index in [9.17, 15) is 26.4 Å². The van der Waals surface area contributed by atoms with Crippen LogP contribution in [0.1, 0.15) is 20.3 Å². The highest BCUT2D eigenvalue weighted by atomic mass is 32.2. The molecule has 10 heteroatoms. The van der Waals surface area contributed by atoms with Crippen LogP contribution in [0.5, 0.6) is 0 Å². The van der Waals surface area contributed by atoms with Gasteiger partial charge < -0.3 is 4.74 Å². The fourth-order valence-electron chi connectivity index (χ4n) is 3.97. The van der Waals surface area contributed by atoms with Crippen LogP contribution in [0.25, 0.3) is 10.8 Å². The van der Waals surface area contributed by atoms with E-state index < -0.39 is 34.8 Å². The van der Waals surface area contributed by atoms with Crippen LogP contribution < -0.4 is 4.72 Å². The first kappa shape index (κ1) is 23.5. The van der Waals surface area contributed by atoms with Gasteiger partial charge in [-0.1, -0.05) is 43.3 Å². The molecule has 0 saturated carbocycles. The number of alkyl halides is 3. The maximum Gasteiger partial charge on any atom is 0.490 e. The molecule has 0 bridgehead atoms. The lowest BCUT2D eigenvalue weighted by Crippen LogP contribution is -2.45. The van der Waals surface area contributed by atoms with Gasteiger partial charge in [-0.3, -0.25) is 4.90 Å². The van der Waals surface area contributed by atoms with Crippen molar-refractivity contribution >= 4 is 26.8 Å². The van der Waals surface area contributed by atoms with E-state index in [2.05, 4.69) is 9.46 Å². The van der Waals surface area contributed by atoms with Gasteiger partial charge in [0.15, 0.2) is 0 Å². The van der Waals surface area contributed by atoms with Crippen LogP contribution in [0.2, 0.25) is 0 Å². The number of carbonyl (C=O) groups excluding carboxylic acids is 1. The van der Waals surface area contributed by atoms with E-state index in [1.54, 1.807) is 36.4 Å². The minimum Gasteiger partial charge on any atom is -0.453 e. The van der Waals surface area contributed by atoms with Gasteiger partial charge in [-0.05, 0) is 30.7 Å². The number of nitrogens with zero attached hydrogens (tertiary/aromatic N) is 1. The van der Waals surface area contributed by atoms with E-state index in [0.717, 1.165) is 6.42 Å². The highest BCUT2D eigenvalue weighted by Crippen LogP contribution is 2.25. The molecule has 0 radical (unpaired) electrons. The van der Waals surface area contributed by atoms with Gasteiger partial charge in [0.1, 0.15) is 6.10 Å². The number of fused-ring (bicyclic) bond motifs is 1. The van der Waals surface area contributed by atoms with Gasteiger partial charge in [-0.25, -0.2) is 17.9 Å². The molecule has 1 aliphatic rings. The number of hydrogen-bond acceptors (Lipinski definition) is 5. The molecule has 0 amide bonds. The number of halogens is 3. The standard InChI is InChI=1S/C21H25F3N2O4S/c1-14-10-15(2)26(12-14)13-17(30-20(27)21(22,23)24)11-25-31(28,29)19-9-5-7-16-6-3-4-8-18(16)19/h3-9,14-15,17,25H,10-13H2,1-2H3/t14?,15?,17-/m0/s1. The second-order valence-corrected chi connectivity index (χ2v) is 9.73. The Labute approximate surface area is 179 Å². The predicted molar refractivity (Wildman–Crippen MR) is 110 cm³/mol. The molecular formula is C21H25F3N2O4S. The number of likely N-dealkylation sites (tertiary alicyclic amines) is 1. The quantitative estimate of drug-likeness (QED) is 0.645. The molecule has 1 fully saturated rings. The Balaban J connectivity index is 1.79. The highest BCUT2D eigenvalue weighted by Gasteiger charge is 2.43. The summed E-state index contributed by atoms with van der Waals surface area (Å²) in [5.74, 6) is -1.98. The SMILES string of the molecule is CC1CC(C)N(C[C@H](CNS(=O)(=O)c2cccc3ccccc23)OC(=O)C(F)(F)F)C1. The molecule has 31 heavy (non-hydrogen) atoms. The summed E-state index contributed by atoms with van der Waals surface area (Å²) < 4.78 is 71.0. The van der Waals surface area contributed by atoms with Crippen LogP contribution in [0, 0.1) is 5.92 Å². The van der Waals surface area contributed by atoms with Crippen LogP contribution in [0.15, 0.2) is 47.4 Å². The number of rotatable bonds is 7. The number of esters is 1. The van der Waals surface area contributed by atoms with Crippen molar-refractivity contribution < 1.29 is 31.1 Å². The summed E-state index contributed by atoms with van der Waals surface area (Å²) in [5.41, 5.74) is 0. The molecule has 3 rings (SSSR count). The minimum absolute atomic E-state index is 0.00534. The molecule has 6 nitrogen and oxygen atoms in total. The summed E-state index contributed by atoms with van der Waals surface area (Å²) in [7, 11) is -4.05. The fraction of sp³-hybridized carbons (Fsp3) is 0.476. The average Bonchev–Trinajstić information content (AvgIpc) is 3.01. The second-order valence-electron chi connectivity index (χ2n) is 8.00. The van der Waals surface area contributed by atoms with Crippen molar-refractivity contribution in [2.45, 2.75) is 43.5 Å². The van der Waals surface area contributed by atoms with Gasteiger partial charge in [-0.2, -0.15) is 13.2 Å². The predicted octanol–water partition coefficient (Wildman–Crippen LogP) is 3.32. The van der Waals surface area contributed by atoms with Gasteiger partial charge >= 0.3 is 12.1 Å². The van der Waals surface area contributed by atoms with Gasteiger partial charge in [0.05, 0.1) is 4.90 Å². The number of ether oxygens (including phenoxy) is 1. The zero-order valence-corrected chi connectivity index (χ0v) is 18.0. The van der Waals surface area contributed by atoms with Gasteiger partial charge in [0.2, 0.25) is 10.0 Å². The molecular weight excluding hydrogens is 433 g/mol. The summed E-state index contributed by atoms with van der Waals surface area (Å²) >= 11 is 0. The van der Waals surface area contributed by atoms with E-state index in [1.807, 2.05) is 18.7 Å². The molecule has 0 aromatic heterocycles. The first-order valence-electron chi connectivity index (χ1n) is 9.96. The zero-order valence-electron chi connectivity index (χ0n) is 17.2. The normalized spacial score (nSPS) is 21.3. The molecule has 0 spiro atoms. The maximum absolute atomic E-state index is 12.9. The Morgan fingerprint density at radius 3 is 2.52 bits per heavy atom. The minimum atomic E-state index is -5.16. The van der Waals surface area contributed by atoms with E-state index in [1.165, 1.54) is 6.07 Å². The van der Waals surface area contributed by atoms with Crippen molar-refractivity contribution in [1.29, 1.82) is 0 Å². The van der Waals surface area contributed by atoms with Crippen LogP contribution >= 0.6 is 0 Å². The lowest BCUT2D eigenvalue weighted by Gasteiger charge is -2.27. The molecule has 1 heterocycles. The number of benzene rings is 2. The van der Waals surface area contributed by atoms with Crippen molar-refractivity contribution in [3.05, 3.63) is 42.5 Å². The van der Waals surface area contributed by atoms with Crippen molar-refractivity contribution in [1.82, 2.24) is 9.62 Å². The topological polar surface area (TPSA) is 75.7 Å². The Morgan fingerprint density at radius 2 is 1.87 bits per heavy atom. The van der Waals surface area contributed by atoms with Crippen LogP contribution in [-0.4, -0.2) is 57.2 Å². The van der Waals surface area contributed by atoms with Crippen molar-refractivity contribution in [3.8, 4) is 0 Å². The molecule has 1 saturated heterocycles. The Morgan fingerprint density at radius 1 is 1.19 bits per heavy atom.